The molecule has 144 valence electrons. The number of hydrogen-bond donors (Lipinski definition) is 0. The van der Waals surface area contributed by atoms with Gasteiger partial charge in [-0.15, -0.1) is 0 Å². The summed E-state index contributed by atoms with van der Waals surface area (Å²) in [4.78, 5) is 14.2. The van der Waals surface area contributed by atoms with Gasteiger partial charge in [0.15, 0.2) is 11.5 Å². The normalized spacial score (nSPS) is 12.5. The van der Waals surface area contributed by atoms with E-state index in [1.165, 1.54) is 5.56 Å². The third kappa shape index (κ3) is 5.16. The number of para-hydroxylation sites is 1. The number of fused-ring (bicyclic) bond motifs is 1. The highest BCUT2D eigenvalue weighted by Crippen LogP contribution is 2.31. The average molecular weight is 369 g/mol. The lowest BCUT2D eigenvalue weighted by Crippen LogP contribution is -2.28. The summed E-state index contributed by atoms with van der Waals surface area (Å²) in [5, 5.41) is 0. The molecule has 0 N–H and O–H groups in total. The van der Waals surface area contributed by atoms with Crippen molar-refractivity contribution in [3.8, 4) is 17.2 Å². The van der Waals surface area contributed by atoms with Gasteiger partial charge in [-0.25, -0.2) is 0 Å². The predicted molar refractivity (Wildman–Crippen MR) is 105 cm³/mol. The monoisotopic (exact) mass is 369 g/mol. The number of rotatable bonds is 8. The molecule has 5 nitrogen and oxygen atoms in total. The highest BCUT2D eigenvalue weighted by atomic mass is 16.6. The van der Waals surface area contributed by atoms with E-state index in [4.69, 9.17) is 14.2 Å². The molecule has 1 amide bonds. The van der Waals surface area contributed by atoms with E-state index in [9.17, 15) is 4.79 Å². The summed E-state index contributed by atoms with van der Waals surface area (Å²) >= 11 is 0. The summed E-state index contributed by atoms with van der Waals surface area (Å²) < 4.78 is 16.5. The molecular formula is C22H27NO4. The number of aryl methyl sites for hydroxylation is 1. The van der Waals surface area contributed by atoms with Crippen LogP contribution in [0.5, 0.6) is 17.2 Å². The highest BCUT2D eigenvalue weighted by Gasteiger charge is 2.13. The van der Waals surface area contributed by atoms with Crippen LogP contribution < -0.4 is 14.2 Å². The number of carbonyl (C=O) groups is 1. The Balaban J connectivity index is 1.43. The molecular weight excluding hydrogens is 342 g/mol. The zero-order valence-electron chi connectivity index (χ0n) is 16.1. The number of carbonyl (C=O) groups excluding carboxylic acids is 1. The van der Waals surface area contributed by atoms with Crippen molar-refractivity contribution >= 4 is 5.91 Å². The van der Waals surface area contributed by atoms with Gasteiger partial charge in [-0.1, -0.05) is 24.3 Å². The van der Waals surface area contributed by atoms with Gasteiger partial charge in [0.25, 0.3) is 0 Å². The summed E-state index contributed by atoms with van der Waals surface area (Å²) in [7, 11) is 3.54. The Bertz CT molecular complexity index is 775. The number of methoxy groups -OCH3 is 1. The molecule has 0 aliphatic carbocycles. The minimum absolute atomic E-state index is 0.169. The number of nitrogens with zero attached hydrogens (tertiary/aromatic N) is 1. The van der Waals surface area contributed by atoms with E-state index in [0.717, 1.165) is 42.1 Å². The van der Waals surface area contributed by atoms with Crippen LogP contribution in [0, 0.1) is 0 Å². The molecule has 0 saturated heterocycles. The molecule has 1 aliphatic heterocycles. The molecule has 0 saturated carbocycles. The molecule has 3 rings (SSSR count). The van der Waals surface area contributed by atoms with Crippen molar-refractivity contribution in [2.75, 3.05) is 33.9 Å². The van der Waals surface area contributed by atoms with Crippen LogP contribution in [0.25, 0.3) is 0 Å². The molecule has 27 heavy (non-hydrogen) atoms. The van der Waals surface area contributed by atoms with Crippen LogP contribution in [0.4, 0.5) is 0 Å². The molecule has 0 atom stereocenters. The van der Waals surface area contributed by atoms with E-state index >= 15 is 0 Å². The van der Waals surface area contributed by atoms with Crippen molar-refractivity contribution in [3.63, 3.8) is 0 Å². The van der Waals surface area contributed by atoms with Crippen LogP contribution in [-0.2, 0) is 17.6 Å². The average Bonchev–Trinajstić information content (AvgIpc) is 2.72. The van der Waals surface area contributed by atoms with E-state index in [-0.39, 0.29) is 5.91 Å². The lowest BCUT2D eigenvalue weighted by Gasteiger charge is -2.19. The summed E-state index contributed by atoms with van der Waals surface area (Å²) in [5.74, 6) is 2.65. The van der Waals surface area contributed by atoms with Crippen molar-refractivity contribution in [2.45, 2.75) is 25.7 Å². The van der Waals surface area contributed by atoms with Gasteiger partial charge in [-0.2, -0.15) is 0 Å². The van der Waals surface area contributed by atoms with Crippen molar-refractivity contribution < 1.29 is 19.0 Å². The van der Waals surface area contributed by atoms with Crippen LogP contribution in [-0.4, -0.2) is 44.7 Å². The topological polar surface area (TPSA) is 48.0 Å². The summed E-state index contributed by atoms with van der Waals surface area (Å²) in [6.45, 7) is 1.87. The van der Waals surface area contributed by atoms with Gasteiger partial charge >= 0.3 is 0 Å². The maximum absolute atomic E-state index is 12.4. The van der Waals surface area contributed by atoms with Gasteiger partial charge in [-0.3, -0.25) is 4.79 Å². The molecule has 5 heteroatoms. The van der Waals surface area contributed by atoms with E-state index in [1.54, 1.807) is 12.0 Å². The Morgan fingerprint density at radius 3 is 2.67 bits per heavy atom. The smallest absolute Gasteiger partial charge is 0.222 e. The molecule has 0 radical (unpaired) electrons. The minimum Gasteiger partial charge on any atom is -0.496 e. The fourth-order valence-corrected chi connectivity index (χ4v) is 3.20. The molecule has 1 aliphatic rings. The first-order valence-corrected chi connectivity index (χ1v) is 9.42. The first-order chi connectivity index (χ1) is 13.2. The van der Waals surface area contributed by atoms with Crippen LogP contribution in [0.2, 0.25) is 0 Å². The van der Waals surface area contributed by atoms with Crippen LogP contribution in [0.3, 0.4) is 0 Å². The second-order valence-corrected chi connectivity index (χ2v) is 6.71. The lowest BCUT2D eigenvalue weighted by atomic mass is 10.1. The fourth-order valence-electron chi connectivity index (χ4n) is 3.20. The maximum atomic E-state index is 12.4. The van der Waals surface area contributed by atoms with Gasteiger partial charge in [0.1, 0.15) is 19.0 Å². The number of hydrogen-bond acceptors (Lipinski definition) is 4. The second kappa shape index (κ2) is 9.31. The standard InChI is InChI=1S/C22H27NO4/c1-23(13-12-18-7-3-4-8-19(18)25-2)22(24)9-5-6-17-10-11-20-21(16-17)27-15-14-26-20/h3-4,7-8,10-11,16H,5-6,9,12-15H2,1-2H3. The van der Waals surface area contributed by atoms with Crippen LogP contribution in [0.15, 0.2) is 42.5 Å². The largest absolute Gasteiger partial charge is 0.496 e. The van der Waals surface area contributed by atoms with Crippen molar-refractivity contribution in [1.29, 1.82) is 0 Å². The van der Waals surface area contributed by atoms with Gasteiger partial charge in [0, 0.05) is 20.0 Å². The number of benzene rings is 2. The molecule has 2 aromatic carbocycles. The van der Waals surface area contributed by atoms with E-state index in [2.05, 4.69) is 0 Å². The summed E-state index contributed by atoms with van der Waals surface area (Å²) in [5.41, 5.74) is 2.29. The fraction of sp³-hybridized carbons (Fsp3) is 0.409. The Morgan fingerprint density at radius 1 is 1.07 bits per heavy atom. The third-order valence-electron chi connectivity index (χ3n) is 4.80. The molecule has 0 aromatic heterocycles. The van der Waals surface area contributed by atoms with Gasteiger partial charge in [0.2, 0.25) is 5.91 Å². The Hall–Kier alpha value is -2.69. The highest BCUT2D eigenvalue weighted by molar-refractivity contribution is 5.75. The second-order valence-electron chi connectivity index (χ2n) is 6.71. The van der Waals surface area contributed by atoms with Crippen molar-refractivity contribution in [1.82, 2.24) is 4.90 Å². The van der Waals surface area contributed by atoms with Crippen LogP contribution >= 0.6 is 0 Å². The molecule has 0 unspecified atom stereocenters. The Labute approximate surface area is 160 Å². The first-order valence-electron chi connectivity index (χ1n) is 9.42. The molecule has 0 spiro atoms. The zero-order valence-corrected chi connectivity index (χ0v) is 16.1. The lowest BCUT2D eigenvalue weighted by molar-refractivity contribution is -0.129. The number of amides is 1. The molecule has 0 bridgehead atoms. The minimum atomic E-state index is 0.169. The van der Waals surface area contributed by atoms with E-state index in [0.29, 0.717) is 26.2 Å². The van der Waals surface area contributed by atoms with Gasteiger partial charge in [0.05, 0.1) is 7.11 Å². The van der Waals surface area contributed by atoms with E-state index < -0.39 is 0 Å². The van der Waals surface area contributed by atoms with Gasteiger partial charge in [-0.05, 0) is 48.6 Å². The summed E-state index contributed by atoms with van der Waals surface area (Å²) in [6, 6.07) is 13.9. The van der Waals surface area contributed by atoms with Crippen molar-refractivity contribution in [2.24, 2.45) is 0 Å². The van der Waals surface area contributed by atoms with Crippen LogP contribution in [0.1, 0.15) is 24.0 Å². The predicted octanol–water partition coefficient (Wildman–Crippen LogP) is 3.49. The number of ether oxygens (including phenoxy) is 3. The Kier molecular flexibility index (Phi) is 6.58. The Morgan fingerprint density at radius 2 is 1.85 bits per heavy atom. The van der Waals surface area contributed by atoms with E-state index in [1.807, 2.05) is 49.5 Å². The summed E-state index contributed by atoms with van der Waals surface area (Å²) in [6.07, 6.45) is 2.99. The number of likely N-dealkylation sites (N-methyl/N-ethyl adjacent to an activating group) is 1. The molecule has 1 heterocycles. The third-order valence-corrected chi connectivity index (χ3v) is 4.80. The zero-order chi connectivity index (χ0) is 19.1. The maximum Gasteiger partial charge on any atom is 0.222 e. The quantitative estimate of drug-likeness (QED) is 0.715. The van der Waals surface area contributed by atoms with Gasteiger partial charge < -0.3 is 19.1 Å². The first kappa shape index (κ1) is 19.1. The van der Waals surface area contributed by atoms with Crippen molar-refractivity contribution in [3.05, 3.63) is 53.6 Å². The molecule has 2 aromatic rings. The molecule has 0 fully saturated rings. The SMILES string of the molecule is COc1ccccc1CCN(C)C(=O)CCCc1ccc2c(c1)OCCO2.